The summed E-state index contributed by atoms with van der Waals surface area (Å²) in [4.78, 5) is 25.7. The van der Waals surface area contributed by atoms with Crippen molar-refractivity contribution in [2.75, 3.05) is 19.6 Å². The number of hydrogen-bond donors (Lipinski definition) is 1. The molecular formula is C21H32IN7O. The molecule has 0 spiro atoms. The molecule has 30 heavy (non-hydrogen) atoms. The molecule has 0 radical (unpaired) electrons. The van der Waals surface area contributed by atoms with E-state index in [0.29, 0.717) is 13.1 Å². The number of halogens is 1. The molecule has 1 aromatic carbocycles. The van der Waals surface area contributed by atoms with Gasteiger partial charge in [-0.3, -0.25) is 4.79 Å². The van der Waals surface area contributed by atoms with Crippen LogP contribution < -0.4 is 5.32 Å². The Balaban J connectivity index is 0.00000320. The van der Waals surface area contributed by atoms with Gasteiger partial charge in [0.25, 0.3) is 0 Å². The number of carbonyl (C=O) groups excluding carboxylic acids is 1. The van der Waals surface area contributed by atoms with Crippen molar-refractivity contribution >= 4 is 35.8 Å². The van der Waals surface area contributed by atoms with Crippen LogP contribution in [0.2, 0.25) is 0 Å². The molecule has 2 heterocycles. The molecule has 3 rings (SSSR count). The standard InChI is InChI=1S/C21H31N7O.HI/c1-6-23-20(26-12-19(29)28(16(2)3)21(4,5)13-26)24-11-17-8-7-9-18(10-17)27-15-22-14-25-27;/h7-10,14-16H,6,11-13H2,1-5H3,(H,23,24);1H. The summed E-state index contributed by atoms with van der Waals surface area (Å²) in [5.74, 6) is 0.901. The van der Waals surface area contributed by atoms with Crippen molar-refractivity contribution in [2.24, 2.45) is 4.99 Å². The Hall–Kier alpha value is -2.17. The smallest absolute Gasteiger partial charge is 0.242 e. The Labute approximate surface area is 195 Å². The minimum Gasteiger partial charge on any atom is -0.356 e. The summed E-state index contributed by atoms with van der Waals surface area (Å²) in [5.41, 5.74) is 1.76. The Bertz CT molecular complexity index is 864. The lowest BCUT2D eigenvalue weighted by molar-refractivity contribution is -0.145. The number of aliphatic imine (C=N–C) groups is 1. The van der Waals surface area contributed by atoms with Crippen molar-refractivity contribution in [1.29, 1.82) is 0 Å². The number of aromatic nitrogens is 3. The number of amides is 1. The van der Waals surface area contributed by atoms with Crippen LogP contribution in [0.1, 0.15) is 40.2 Å². The van der Waals surface area contributed by atoms with Crippen molar-refractivity contribution < 1.29 is 4.79 Å². The second-order valence-corrected chi connectivity index (χ2v) is 8.21. The van der Waals surface area contributed by atoms with Gasteiger partial charge in [0, 0.05) is 19.1 Å². The number of hydrogen-bond acceptors (Lipinski definition) is 4. The van der Waals surface area contributed by atoms with E-state index in [-0.39, 0.29) is 41.5 Å². The molecule has 1 N–H and O–H groups in total. The van der Waals surface area contributed by atoms with Gasteiger partial charge in [-0.25, -0.2) is 14.7 Å². The van der Waals surface area contributed by atoms with Crippen LogP contribution in [-0.4, -0.2) is 67.6 Å². The van der Waals surface area contributed by atoms with E-state index < -0.39 is 0 Å². The first kappa shape index (κ1) is 24.1. The van der Waals surface area contributed by atoms with Gasteiger partial charge in [-0.15, -0.1) is 24.0 Å². The summed E-state index contributed by atoms with van der Waals surface area (Å²) in [6.07, 6.45) is 3.19. The molecule has 0 unspecified atom stereocenters. The molecule has 8 nitrogen and oxygen atoms in total. The first-order valence-electron chi connectivity index (χ1n) is 10.1. The van der Waals surface area contributed by atoms with Crippen LogP contribution in [0.3, 0.4) is 0 Å². The van der Waals surface area contributed by atoms with Crippen molar-refractivity contribution in [1.82, 2.24) is 29.9 Å². The average Bonchev–Trinajstić information content (AvgIpc) is 3.18. The SMILES string of the molecule is CCNC(=NCc1cccc(-n2cncn2)c1)N1CC(=O)N(C(C)C)C(C)(C)C1.I. The fourth-order valence-corrected chi connectivity index (χ4v) is 4.04. The highest BCUT2D eigenvalue weighted by Gasteiger charge is 2.40. The summed E-state index contributed by atoms with van der Waals surface area (Å²) in [6, 6.07) is 8.24. The number of rotatable bonds is 5. The number of carbonyl (C=O) groups is 1. The predicted molar refractivity (Wildman–Crippen MR) is 129 cm³/mol. The molecule has 1 fully saturated rings. The van der Waals surface area contributed by atoms with Gasteiger partial charge in [0.05, 0.1) is 24.3 Å². The molecule has 2 aromatic rings. The van der Waals surface area contributed by atoms with Crippen LogP contribution >= 0.6 is 24.0 Å². The summed E-state index contributed by atoms with van der Waals surface area (Å²) in [6.45, 7) is 12.7. The minimum absolute atomic E-state index is 0. The minimum atomic E-state index is -0.257. The van der Waals surface area contributed by atoms with E-state index in [4.69, 9.17) is 4.99 Å². The lowest BCUT2D eigenvalue weighted by atomic mass is 9.96. The molecule has 0 atom stereocenters. The molecule has 1 aliphatic rings. The average molecular weight is 525 g/mol. The van der Waals surface area contributed by atoms with Crippen LogP contribution in [0.4, 0.5) is 0 Å². The third-order valence-corrected chi connectivity index (χ3v) is 4.98. The third kappa shape index (κ3) is 5.50. The molecule has 164 valence electrons. The van der Waals surface area contributed by atoms with Crippen LogP contribution in [-0.2, 0) is 11.3 Å². The molecule has 0 aliphatic carbocycles. The summed E-state index contributed by atoms with van der Waals surface area (Å²) in [5, 5.41) is 7.52. The van der Waals surface area contributed by atoms with Crippen molar-refractivity contribution in [2.45, 2.75) is 52.7 Å². The summed E-state index contributed by atoms with van der Waals surface area (Å²) >= 11 is 0. The van der Waals surface area contributed by atoms with E-state index in [2.05, 4.69) is 48.0 Å². The monoisotopic (exact) mass is 525 g/mol. The van der Waals surface area contributed by atoms with Gasteiger partial charge in [-0.1, -0.05) is 12.1 Å². The maximum absolute atomic E-state index is 12.8. The maximum atomic E-state index is 12.8. The molecule has 1 aromatic heterocycles. The van der Waals surface area contributed by atoms with Gasteiger partial charge in [-0.2, -0.15) is 5.10 Å². The predicted octanol–water partition coefficient (Wildman–Crippen LogP) is 2.68. The number of nitrogens with one attached hydrogen (secondary N) is 1. The maximum Gasteiger partial charge on any atom is 0.242 e. The summed E-state index contributed by atoms with van der Waals surface area (Å²) < 4.78 is 1.73. The molecule has 0 saturated carbocycles. The van der Waals surface area contributed by atoms with E-state index >= 15 is 0 Å². The second kappa shape index (κ2) is 10.2. The first-order valence-corrected chi connectivity index (χ1v) is 10.1. The van der Waals surface area contributed by atoms with Crippen molar-refractivity contribution in [3.63, 3.8) is 0 Å². The Morgan fingerprint density at radius 1 is 1.33 bits per heavy atom. The second-order valence-electron chi connectivity index (χ2n) is 8.21. The Kier molecular flexibility index (Phi) is 8.22. The van der Waals surface area contributed by atoms with Crippen molar-refractivity contribution in [3.8, 4) is 5.69 Å². The fraction of sp³-hybridized carbons (Fsp3) is 0.524. The molecule has 1 saturated heterocycles. The van der Waals surface area contributed by atoms with Gasteiger partial charge in [0.2, 0.25) is 5.91 Å². The topological polar surface area (TPSA) is 78.6 Å². The number of benzene rings is 1. The molecular weight excluding hydrogens is 493 g/mol. The molecule has 1 aliphatic heterocycles. The number of guanidine groups is 1. The van der Waals surface area contributed by atoms with Crippen LogP contribution in [0, 0.1) is 0 Å². The highest BCUT2D eigenvalue weighted by atomic mass is 127. The number of piperazine rings is 1. The van der Waals surface area contributed by atoms with Gasteiger partial charge in [0.1, 0.15) is 12.7 Å². The largest absolute Gasteiger partial charge is 0.356 e. The fourth-order valence-electron chi connectivity index (χ4n) is 4.04. The lowest BCUT2D eigenvalue weighted by Crippen LogP contribution is -2.66. The van der Waals surface area contributed by atoms with Gasteiger partial charge in [-0.05, 0) is 52.3 Å². The van der Waals surface area contributed by atoms with E-state index in [1.165, 1.54) is 6.33 Å². The zero-order valence-corrected chi connectivity index (χ0v) is 20.7. The van der Waals surface area contributed by atoms with E-state index in [1.807, 2.05) is 36.1 Å². The van der Waals surface area contributed by atoms with Gasteiger partial charge in [0.15, 0.2) is 5.96 Å². The quantitative estimate of drug-likeness (QED) is 0.369. The van der Waals surface area contributed by atoms with E-state index in [0.717, 1.165) is 30.3 Å². The highest BCUT2D eigenvalue weighted by Crippen LogP contribution is 2.24. The first-order chi connectivity index (χ1) is 13.8. The third-order valence-electron chi connectivity index (χ3n) is 4.98. The molecule has 1 amide bonds. The highest BCUT2D eigenvalue weighted by molar-refractivity contribution is 14.0. The van der Waals surface area contributed by atoms with Gasteiger partial charge >= 0.3 is 0 Å². The molecule has 9 heteroatoms. The van der Waals surface area contributed by atoms with Crippen LogP contribution in [0.25, 0.3) is 5.69 Å². The normalized spacial score (nSPS) is 16.6. The molecule has 0 bridgehead atoms. The van der Waals surface area contributed by atoms with Crippen LogP contribution in [0.5, 0.6) is 0 Å². The zero-order valence-electron chi connectivity index (χ0n) is 18.4. The van der Waals surface area contributed by atoms with Crippen LogP contribution in [0.15, 0.2) is 41.9 Å². The summed E-state index contributed by atoms with van der Waals surface area (Å²) in [7, 11) is 0. The van der Waals surface area contributed by atoms with Gasteiger partial charge < -0.3 is 15.1 Å². The lowest BCUT2D eigenvalue weighted by Gasteiger charge is -2.49. The van der Waals surface area contributed by atoms with Crippen molar-refractivity contribution in [3.05, 3.63) is 42.5 Å². The number of nitrogens with zero attached hydrogens (tertiary/aromatic N) is 6. The Morgan fingerprint density at radius 2 is 2.10 bits per heavy atom. The van der Waals surface area contributed by atoms with E-state index in [9.17, 15) is 4.79 Å². The zero-order chi connectivity index (χ0) is 21.0. The Morgan fingerprint density at radius 3 is 2.70 bits per heavy atom. The van der Waals surface area contributed by atoms with E-state index in [1.54, 1.807) is 11.0 Å².